The molecular formula is C24H26N2O9. The SMILES string of the molecule is COC(=O)c1cc(NC(=O)CNC2CCCc3ccccc32)cc(C(=O)OC)c1.O=C(O)C(=O)O. The third kappa shape index (κ3) is 7.93. The van der Waals surface area contributed by atoms with Crippen LogP contribution in [0.4, 0.5) is 5.69 Å². The standard InChI is InChI=1S/C22H24N2O5.C2H2O4/c1-28-21(26)15-10-16(22(27)29-2)12-17(11-15)24-20(25)13-23-19-9-5-7-14-6-3-4-8-18(14)19;3-1(4)2(5)6/h3-4,6,8,10-12,19,23H,5,7,9,13H2,1-2H3,(H,24,25);(H,3,4)(H,5,6). The molecule has 2 aromatic carbocycles. The number of methoxy groups -OCH3 is 2. The lowest BCUT2D eigenvalue weighted by Crippen LogP contribution is -2.33. The van der Waals surface area contributed by atoms with Crippen molar-refractivity contribution < 1.29 is 43.7 Å². The Balaban J connectivity index is 0.000000641. The molecule has 2 aromatic rings. The zero-order chi connectivity index (χ0) is 26.0. The summed E-state index contributed by atoms with van der Waals surface area (Å²) in [4.78, 5) is 54.4. The second kappa shape index (κ2) is 12.8. The Labute approximate surface area is 201 Å². The number of benzene rings is 2. The number of hydrogen-bond acceptors (Lipinski definition) is 8. The van der Waals surface area contributed by atoms with Gasteiger partial charge in [-0.3, -0.25) is 4.79 Å². The Kier molecular flexibility index (Phi) is 9.91. The van der Waals surface area contributed by atoms with E-state index in [1.54, 1.807) is 0 Å². The minimum Gasteiger partial charge on any atom is -0.473 e. The molecule has 0 aliphatic heterocycles. The first-order chi connectivity index (χ1) is 16.7. The van der Waals surface area contributed by atoms with Crippen LogP contribution in [0.3, 0.4) is 0 Å². The lowest BCUT2D eigenvalue weighted by atomic mass is 9.88. The predicted octanol–water partition coefficient (Wildman–Crippen LogP) is 2.02. The summed E-state index contributed by atoms with van der Waals surface area (Å²) in [6.45, 7) is 0.106. The Morgan fingerprint density at radius 2 is 1.49 bits per heavy atom. The molecule has 11 heteroatoms. The average Bonchev–Trinajstić information content (AvgIpc) is 2.86. The molecule has 1 aliphatic carbocycles. The van der Waals surface area contributed by atoms with Gasteiger partial charge in [0.05, 0.1) is 31.9 Å². The van der Waals surface area contributed by atoms with Gasteiger partial charge in [0.15, 0.2) is 0 Å². The molecule has 4 N–H and O–H groups in total. The summed E-state index contributed by atoms with van der Waals surface area (Å²) in [5.74, 6) is -5.14. The van der Waals surface area contributed by atoms with E-state index in [4.69, 9.17) is 29.3 Å². The van der Waals surface area contributed by atoms with E-state index in [-0.39, 0.29) is 29.6 Å². The topological polar surface area (TPSA) is 168 Å². The molecule has 0 bridgehead atoms. The minimum atomic E-state index is -1.82. The zero-order valence-electron chi connectivity index (χ0n) is 19.2. The van der Waals surface area contributed by atoms with Crippen LogP contribution >= 0.6 is 0 Å². The van der Waals surface area contributed by atoms with Crippen molar-refractivity contribution in [2.45, 2.75) is 25.3 Å². The molecule has 11 nitrogen and oxygen atoms in total. The van der Waals surface area contributed by atoms with E-state index in [9.17, 15) is 14.4 Å². The smallest absolute Gasteiger partial charge is 0.414 e. The first-order valence-electron chi connectivity index (χ1n) is 10.5. The largest absolute Gasteiger partial charge is 0.473 e. The van der Waals surface area contributed by atoms with E-state index in [2.05, 4.69) is 22.8 Å². The average molecular weight is 486 g/mol. The number of anilines is 1. The van der Waals surface area contributed by atoms with E-state index >= 15 is 0 Å². The number of carboxylic acid groups (broad SMARTS) is 2. The second-order valence-corrected chi connectivity index (χ2v) is 7.47. The molecule has 35 heavy (non-hydrogen) atoms. The van der Waals surface area contributed by atoms with Gasteiger partial charge in [0.1, 0.15) is 0 Å². The van der Waals surface area contributed by atoms with Crippen molar-refractivity contribution in [2.75, 3.05) is 26.1 Å². The van der Waals surface area contributed by atoms with Crippen molar-refractivity contribution in [1.29, 1.82) is 0 Å². The van der Waals surface area contributed by atoms with Crippen LogP contribution in [0.25, 0.3) is 0 Å². The maximum atomic E-state index is 12.5. The van der Waals surface area contributed by atoms with Crippen molar-refractivity contribution in [3.63, 3.8) is 0 Å². The third-order valence-electron chi connectivity index (χ3n) is 5.12. The fourth-order valence-corrected chi connectivity index (χ4v) is 3.56. The molecular weight excluding hydrogens is 460 g/mol. The number of fused-ring (bicyclic) bond motifs is 1. The van der Waals surface area contributed by atoms with Crippen LogP contribution in [0.1, 0.15) is 50.7 Å². The molecule has 1 aliphatic rings. The predicted molar refractivity (Wildman–Crippen MR) is 123 cm³/mol. The molecule has 1 amide bonds. The summed E-state index contributed by atoms with van der Waals surface area (Å²) in [5, 5.41) is 20.8. The number of carboxylic acids is 2. The maximum Gasteiger partial charge on any atom is 0.414 e. The van der Waals surface area contributed by atoms with Crippen LogP contribution in [0.2, 0.25) is 0 Å². The van der Waals surface area contributed by atoms with Crippen LogP contribution in [0.15, 0.2) is 42.5 Å². The normalized spacial score (nSPS) is 13.8. The number of ether oxygens (including phenoxy) is 2. The molecule has 3 rings (SSSR count). The monoisotopic (exact) mass is 486 g/mol. The molecule has 0 saturated carbocycles. The van der Waals surface area contributed by atoms with Crippen LogP contribution in [-0.2, 0) is 30.3 Å². The van der Waals surface area contributed by atoms with Crippen molar-refractivity contribution in [2.24, 2.45) is 0 Å². The highest BCUT2D eigenvalue weighted by atomic mass is 16.5. The number of carbonyl (C=O) groups excluding carboxylic acids is 3. The van der Waals surface area contributed by atoms with Gasteiger partial charge in [-0.1, -0.05) is 24.3 Å². The summed E-state index contributed by atoms with van der Waals surface area (Å²) >= 11 is 0. The maximum absolute atomic E-state index is 12.5. The Morgan fingerprint density at radius 3 is 2.03 bits per heavy atom. The van der Waals surface area contributed by atoms with Gasteiger partial charge >= 0.3 is 23.9 Å². The Bertz CT molecular complexity index is 1070. The fraction of sp³-hybridized carbons (Fsp3) is 0.292. The van der Waals surface area contributed by atoms with Gasteiger partial charge < -0.3 is 30.3 Å². The van der Waals surface area contributed by atoms with Crippen molar-refractivity contribution in [3.8, 4) is 0 Å². The summed E-state index contributed by atoms with van der Waals surface area (Å²) < 4.78 is 9.42. The van der Waals surface area contributed by atoms with Crippen LogP contribution in [0, 0.1) is 0 Å². The number of aliphatic carboxylic acids is 2. The molecule has 0 fully saturated rings. The highest BCUT2D eigenvalue weighted by Gasteiger charge is 2.20. The molecule has 0 heterocycles. The third-order valence-corrected chi connectivity index (χ3v) is 5.12. The Morgan fingerprint density at radius 1 is 0.914 bits per heavy atom. The first-order valence-corrected chi connectivity index (χ1v) is 10.5. The number of aryl methyl sites for hydroxylation is 1. The fourth-order valence-electron chi connectivity index (χ4n) is 3.56. The number of amides is 1. The van der Waals surface area contributed by atoms with Crippen LogP contribution in [0.5, 0.6) is 0 Å². The van der Waals surface area contributed by atoms with E-state index in [1.807, 2.05) is 12.1 Å². The van der Waals surface area contributed by atoms with Crippen LogP contribution < -0.4 is 10.6 Å². The van der Waals surface area contributed by atoms with E-state index in [1.165, 1.54) is 43.5 Å². The number of carbonyl (C=O) groups is 5. The highest BCUT2D eigenvalue weighted by molar-refractivity contribution is 6.27. The quantitative estimate of drug-likeness (QED) is 0.350. The summed E-state index contributed by atoms with van der Waals surface area (Å²) in [6.07, 6.45) is 3.09. The summed E-state index contributed by atoms with van der Waals surface area (Å²) in [6, 6.07) is 12.7. The highest BCUT2D eigenvalue weighted by Crippen LogP contribution is 2.29. The first kappa shape index (κ1) is 27.0. The van der Waals surface area contributed by atoms with Crippen molar-refractivity contribution >= 4 is 35.5 Å². The minimum absolute atomic E-state index is 0.106. The van der Waals surface area contributed by atoms with Gasteiger partial charge in [-0.05, 0) is 48.6 Å². The zero-order valence-corrected chi connectivity index (χ0v) is 19.2. The lowest BCUT2D eigenvalue weighted by Gasteiger charge is -2.26. The van der Waals surface area contributed by atoms with Crippen LogP contribution in [-0.4, -0.2) is 60.8 Å². The second-order valence-electron chi connectivity index (χ2n) is 7.47. The molecule has 1 unspecified atom stereocenters. The van der Waals surface area contributed by atoms with Gasteiger partial charge in [-0.25, -0.2) is 19.2 Å². The Hall–Kier alpha value is -4.25. The number of esters is 2. The molecule has 0 radical (unpaired) electrons. The van der Waals surface area contributed by atoms with Crippen molar-refractivity contribution in [3.05, 3.63) is 64.7 Å². The number of nitrogens with one attached hydrogen (secondary N) is 2. The molecule has 0 spiro atoms. The number of rotatable bonds is 6. The lowest BCUT2D eigenvalue weighted by molar-refractivity contribution is -0.159. The van der Waals surface area contributed by atoms with Gasteiger partial charge in [-0.15, -0.1) is 0 Å². The van der Waals surface area contributed by atoms with Gasteiger partial charge in [0.2, 0.25) is 5.91 Å². The number of hydrogen-bond donors (Lipinski definition) is 4. The molecule has 186 valence electrons. The molecule has 0 aromatic heterocycles. The molecule has 0 saturated heterocycles. The van der Waals surface area contributed by atoms with E-state index in [0.717, 1.165) is 19.3 Å². The van der Waals surface area contributed by atoms with E-state index in [0.29, 0.717) is 5.69 Å². The van der Waals surface area contributed by atoms with Crippen molar-refractivity contribution in [1.82, 2.24) is 5.32 Å². The van der Waals surface area contributed by atoms with Gasteiger partial charge in [-0.2, -0.15) is 0 Å². The summed E-state index contributed by atoms with van der Waals surface area (Å²) in [5.41, 5.74) is 3.17. The molecule has 1 atom stereocenters. The summed E-state index contributed by atoms with van der Waals surface area (Å²) in [7, 11) is 2.49. The van der Waals surface area contributed by atoms with Gasteiger partial charge in [0.25, 0.3) is 0 Å². The van der Waals surface area contributed by atoms with E-state index < -0.39 is 23.9 Å². The van der Waals surface area contributed by atoms with Gasteiger partial charge in [0, 0.05) is 11.7 Å².